The molecule has 0 spiro atoms. The summed E-state index contributed by atoms with van der Waals surface area (Å²) in [5.41, 5.74) is 1.54. The van der Waals surface area contributed by atoms with Gasteiger partial charge >= 0.3 is 0 Å². The van der Waals surface area contributed by atoms with Crippen LogP contribution in [0.3, 0.4) is 0 Å². The van der Waals surface area contributed by atoms with Crippen LogP contribution in [0.2, 0.25) is 12.6 Å². The summed E-state index contributed by atoms with van der Waals surface area (Å²) in [6, 6.07) is 0. The second-order valence-corrected chi connectivity index (χ2v) is 5.79. The Morgan fingerprint density at radius 2 is 1.67 bits per heavy atom. The molecule has 0 bridgehead atoms. The minimum absolute atomic E-state index is 0.337. The van der Waals surface area contributed by atoms with E-state index in [2.05, 4.69) is 72.3 Å². The van der Waals surface area contributed by atoms with Gasteiger partial charge in [0.1, 0.15) is 0 Å². The molecule has 0 aliphatic rings. The summed E-state index contributed by atoms with van der Waals surface area (Å²) in [6.07, 6.45) is 6.53. The van der Waals surface area contributed by atoms with Gasteiger partial charge in [-0.15, -0.1) is 0 Å². The van der Waals surface area contributed by atoms with Crippen LogP contribution in [0.15, 0.2) is 23.7 Å². The molecule has 0 N–H and O–H groups in total. The molecular weight excluding hydrogens is 199 g/mol. The molecule has 1 atom stereocenters. The Hall–Kier alpha value is -0.105. The van der Waals surface area contributed by atoms with Gasteiger partial charge < -0.3 is 0 Å². The summed E-state index contributed by atoms with van der Waals surface area (Å²) in [7, 11) is 0. The highest BCUT2D eigenvalue weighted by Crippen LogP contribution is 2.22. The molecule has 2 heteroatoms. The van der Waals surface area contributed by atoms with Gasteiger partial charge in [-0.05, 0) is 12.8 Å². The van der Waals surface area contributed by atoms with E-state index in [0.717, 1.165) is 0 Å². The maximum Gasteiger partial charge on any atom is 0.170 e. The lowest BCUT2D eigenvalue weighted by Gasteiger charge is -2.19. The Balaban J connectivity index is 4.66. The molecule has 86 valence electrons. The summed E-state index contributed by atoms with van der Waals surface area (Å²) < 4.78 is 0. The first kappa shape index (κ1) is 14.9. The second kappa shape index (κ2) is 7.21. The van der Waals surface area contributed by atoms with Crippen LogP contribution >= 0.6 is 12.6 Å². The van der Waals surface area contributed by atoms with Crippen molar-refractivity contribution in [3.63, 3.8) is 0 Å². The van der Waals surface area contributed by atoms with Crippen LogP contribution in [-0.2, 0) is 0 Å². The van der Waals surface area contributed by atoms with Crippen molar-refractivity contribution in [2.24, 2.45) is 5.92 Å². The predicted octanol–water partition coefficient (Wildman–Crippen LogP) is 4.52. The van der Waals surface area contributed by atoms with Crippen LogP contribution < -0.4 is 0 Å². The van der Waals surface area contributed by atoms with Crippen molar-refractivity contribution in [3.05, 3.63) is 23.7 Å². The molecule has 15 heavy (non-hydrogen) atoms. The third-order valence-electron chi connectivity index (χ3n) is 2.87. The summed E-state index contributed by atoms with van der Waals surface area (Å²) in [4.78, 5) is 0. The average Bonchev–Trinajstić information content (AvgIpc) is 2.10. The fourth-order valence-corrected chi connectivity index (χ4v) is 1.68. The Bertz CT molecular complexity index is 227. The average molecular weight is 224 g/mol. The predicted molar refractivity (Wildman–Crippen MR) is 77.2 cm³/mol. The zero-order chi connectivity index (χ0) is 12.0. The number of hydrogen-bond acceptors (Lipinski definition) is 1. The SMILES string of the molecule is CB(/C(=C/C=C\C(C)S)C(C)C)C(C)C. The van der Waals surface area contributed by atoms with Crippen molar-refractivity contribution >= 4 is 19.3 Å². The standard InChI is InChI=1S/C13H25BS/c1-10(2)13(14(6)11(3)4)9-7-8-12(5)15/h7-12,15H,1-6H3/b8-7-,13-9+. The molecule has 0 rings (SSSR count). The van der Waals surface area contributed by atoms with E-state index in [1.165, 1.54) is 5.47 Å². The smallest absolute Gasteiger partial charge is 0.170 e. The second-order valence-electron chi connectivity index (χ2n) is 4.98. The fraction of sp³-hybridized carbons (Fsp3) is 0.692. The van der Waals surface area contributed by atoms with Crippen molar-refractivity contribution in [2.75, 3.05) is 0 Å². The molecule has 0 aliphatic heterocycles. The van der Waals surface area contributed by atoms with Crippen molar-refractivity contribution in [1.29, 1.82) is 0 Å². The third kappa shape index (κ3) is 6.14. The molecule has 0 amide bonds. The molecule has 1 unspecified atom stereocenters. The molecule has 0 saturated carbocycles. The van der Waals surface area contributed by atoms with E-state index in [1.807, 2.05) is 0 Å². The highest BCUT2D eigenvalue weighted by atomic mass is 32.1. The van der Waals surface area contributed by atoms with Crippen molar-refractivity contribution in [1.82, 2.24) is 0 Å². The molecule has 0 aliphatic carbocycles. The van der Waals surface area contributed by atoms with Gasteiger partial charge in [-0.3, -0.25) is 0 Å². The summed E-state index contributed by atoms with van der Waals surface area (Å²) >= 11 is 4.33. The maximum absolute atomic E-state index is 4.33. The first-order valence-electron chi connectivity index (χ1n) is 5.92. The lowest BCUT2D eigenvalue weighted by molar-refractivity contribution is 0.799. The van der Waals surface area contributed by atoms with Crippen LogP contribution in [-0.4, -0.2) is 12.0 Å². The lowest BCUT2D eigenvalue weighted by Crippen LogP contribution is -2.19. The van der Waals surface area contributed by atoms with E-state index in [1.54, 1.807) is 0 Å². The first-order chi connectivity index (χ1) is 6.86. The van der Waals surface area contributed by atoms with Gasteiger partial charge in [0.15, 0.2) is 6.71 Å². The largest absolute Gasteiger partial charge is 0.172 e. The van der Waals surface area contributed by atoms with Crippen LogP contribution in [0.4, 0.5) is 0 Å². The quantitative estimate of drug-likeness (QED) is 0.396. The Kier molecular flexibility index (Phi) is 7.16. The zero-order valence-corrected chi connectivity index (χ0v) is 11.9. The van der Waals surface area contributed by atoms with E-state index in [0.29, 0.717) is 23.7 Å². The van der Waals surface area contributed by atoms with E-state index >= 15 is 0 Å². The van der Waals surface area contributed by atoms with Gasteiger partial charge in [0.05, 0.1) is 0 Å². The van der Waals surface area contributed by atoms with E-state index in [-0.39, 0.29) is 0 Å². The Morgan fingerprint density at radius 3 is 2.00 bits per heavy atom. The molecule has 0 radical (unpaired) electrons. The van der Waals surface area contributed by atoms with Crippen LogP contribution in [0.5, 0.6) is 0 Å². The Morgan fingerprint density at radius 1 is 1.13 bits per heavy atom. The minimum atomic E-state index is 0.337. The monoisotopic (exact) mass is 224 g/mol. The highest BCUT2D eigenvalue weighted by molar-refractivity contribution is 7.81. The van der Waals surface area contributed by atoms with E-state index < -0.39 is 0 Å². The van der Waals surface area contributed by atoms with Gasteiger partial charge in [-0.2, -0.15) is 12.6 Å². The van der Waals surface area contributed by atoms with Crippen LogP contribution in [0.25, 0.3) is 0 Å². The highest BCUT2D eigenvalue weighted by Gasteiger charge is 2.18. The summed E-state index contributed by atoms with van der Waals surface area (Å²) in [6.45, 7) is 14.1. The molecule has 0 nitrogen and oxygen atoms in total. The summed E-state index contributed by atoms with van der Waals surface area (Å²) in [5.74, 6) is 1.34. The zero-order valence-electron chi connectivity index (χ0n) is 11.0. The third-order valence-corrected chi connectivity index (χ3v) is 3.04. The van der Waals surface area contributed by atoms with Crippen molar-refractivity contribution in [2.45, 2.75) is 52.5 Å². The molecule has 0 saturated heterocycles. The molecule has 0 aromatic rings. The fourth-order valence-electron chi connectivity index (χ4n) is 1.58. The normalized spacial score (nSPS) is 15.4. The van der Waals surface area contributed by atoms with Crippen LogP contribution in [0, 0.1) is 5.92 Å². The molecule has 0 aromatic carbocycles. The number of rotatable bonds is 5. The maximum atomic E-state index is 4.33. The number of hydrogen-bond donors (Lipinski definition) is 1. The van der Waals surface area contributed by atoms with E-state index in [4.69, 9.17) is 0 Å². The first-order valence-corrected chi connectivity index (χ1v) is 6.44. The van der Waals surface area contributed by atoms with Crippen LogP contribution in [0.1, 0.15) is 34.6 Å². The molecule has 0 fully saturated rings. The number of thiol groups is 1. The Labute approximate surface area is 102 Å². The summed E-state index contributed by atoms with van der Waals surface area (Å²) in [5, 5.41) is 0.337. The van der Waals surface area contributed by atoms with Gasteiger partial charge in [0.25, 0.3) is 0 Å². The van der Waals surface area contributed by atoms with Gasteiger partial charge in [0.2, 0.25) is 0 Å². The topological polar surface area (TPSA) is 0 Å². The van der Waals surface area contributed by atoms with Gasteiger partial charge in [-0.1, -0.05) is 64.0 Å². The van der Waals surface area contributed by atoms with Gasteiger partial charge in [-0.25, -0.2) is 0 Å². The van der Waals surface area contributed by atoms with Crippen molar-refractivity contribution in [3.8, 4) is 0 Å². The van der Waals surface area contributed by atoms with E-state index in [9.17, 15) is 0 Å². The molecule has 0 aromatic heterocycles. The van der Waals surface area contributed by atoms with Gasteiger partial charge in [0, 0.05) is 5.25 Å². The lowest BCUT2D eigenvalue weighted by atomic mass is 9.37. The number of allylic oxidation sites excluding steroid dienone is 3. The minimum Gasteiger partial charge on any atom is -0.172 e. The molecule has 0 heterocycles. The van der Waals surface area contributed by atoms with Crippen molar-refractivity contribution < 1.29 is 0 Å². The molecular formula is C13H25BS.